The Morgan fingerprint density at radius 1 is 1.21 bits per heavy atom. The molecule has 0 saturated heterocycles. The normalized spacial score (nSPS) is 10.7. The minimum atomic E-state index is -0.286. The fourth-order valence-electron chi connectivity index (χ4n) is 2.25. The number of H-pyrrole nitrogens is 1. The van der Waals surface area contributed by atoms with E-state index in [1.807, 2.05) is 29.6 Å². The predicted molar refractivity (Wildman–Crippen MR) is 91.8 cm³/mol. The number of nitrogens with one attached hydrogen (secondary N) is 2. The van der Waals surface area contributed by atoms with Crippen LogP contribution in [0, 0.1) is 0 Å². The van der Waals surface area contributed by atoms with E-state index in [9.17, 15) is 4.79 Å². The van der Waals surface area contributed by atoms with Crippen LogP contribution in [0.2, 0.25) is 0 Å². The van der Waals surface area contributed by atoms with Crippen LogP contribution in [0.25, 0.3) is 22.0 Å². The maximum atomic E-state index is 12.3. The number of rotatable bonds is 4. The summed E-state index contributed by atoms with van der Waals surface area (Å²) >= 11 is 1.57. The predicted octanol–water partition coefficient (Wildman–Crippen LogP) is 4.05. The Morgan fingerprint density at radius 2 is 2.08 bits per heavy atom. The van der Waals surface area contributed by atoms with Gasteiger partial charge in [0.05, 0.1) is 6.26 Å². The van der Waals surface area contributed by atoms with Gasteiger partial charge in [0.15, 0.2) is 11.5 Å². The second-order valence-electron chi connectivity index (χ2n) is 5.01. The van der Waals surface area contributed by atoms with Crippen molar-refractivity contribution in [3.8, 4) is 22.0 Å². The molecule has 0 aliphatic heterocycles. The first-order valence-corrected chi connectivity index (χ1v) is 8.08. The lowest BCUT2D eigenvalue weighted by atomic mass is 10.2. The highest BCUT2D eigenvalue weighted by molar-refractivity contribution is 7.13. The van der Waals surface area contributed by atoms with E-state index >= 15 is 0 Å². The summed E-state index contributed by atoms with van der Waals surface area (Å²) in [6.45, 7) is 0. The number of nitrogens with zero attached hydrogens (tertiary/aromatic N) is 2. The molecule has 2 N–H and O–H groups in total. The molecule has 3 aromatic heterocycles. The number of carbonyl (C=O) groups is 1. The molecule has 4 rings (SSSR count). The minimum absolute atomic E-state index is 0.286. The third kappa shape index (κ3) is 2.84. The van der Waals surface area contributed by atoms with Crippen LogP contribution in [0.1, 0.15) is 10.5 Å². The van der Waals surface area contributed by atoms with Gasteiger partial charge in [-0.1, -0.05) is 0 Å². The zero-order valence-electron chi connectivity index (χ0n) is 12.4. The van der Waals surface area contributed by atoms with E-state index in [2.05, 4.69) is 20.5 Å². The summed E-state index contributed by atoms with van der Waals surface area (Å²) in [7, 11) is 0. The number of benzene rings is 1. The maximum Gasteiger partial charge on any atom is 0.276 e. The third-order valence-corrected chi connectivity index (χ3v) is 4.24. The zero-order chi connectivity index (χ0) is 16.4. The van der Waals surface area contributed by atoms with Gasteiger partial charge in [-0.2, -0.15) is 5.10 Å². The van der Waals surface area contributed by atoms with Crippen LogP contribution in [0.3, 0.4) is 0 Å². The number of hydrogen-bond donors (Lipinski definition) is 2. The quantitative estimate of drug-likeness (QED) is 0.589. The van der Waals surface area contributed by atoms with Gasteiger partial charge in [0.2, 0.25) is 0 Å². The first kappa shape index (κ1) is 14.4. The second-order valence-corrected chi connectivity index (χ2v) is 5.91. The molecular formula is C17H12N4O2S. The van der Waals surface area contributed by atoms with Crippen molar-refractivity contribution in [3.63, 3.8) is 0 Å². The lowest BCUT2D eigenvalue weighted by Gasteiger charge is -2.03. The molecule has 4 aromatic rings. The summed E-state index contributed by atoms with van der Waals surface area (Å²) in [6, 6.07) is 12.8. The van der Waals surface area contributed by atoms with Gasteiger partial charge in [0.25, 0.3) is 5.91 Å². The Bertz CT molecular complexity index is 941. The lowest BCUT2D eigenvalue weighted by Crippen LogP contribution is -2.12. The molecule has 0 radical (unpaired) electrons. The van der Waals surface area contributed by atoms with Gasteiger partial charge in [-0.05, 0) is 36.4 Å². The van der Waals surface area contributed by atoms with E-state index in [1.54, 1.807) is 42.0 Å². The minimum Gasteiger partial charge on any atom is -0.463 e. The highest BCUT2D eigenvalue weighted by Crippen LogP contribution is 2.23. The van der Waals surface area contributed by atoms with E-state index in [1.165, 1.54) is 0 Å². The highest BCUT2D eigenvalue weighted by atomic mass is 32.1. The Hall–Kier alpha value is -3.19. The first-order chi connectivity index (χ1) is 11.8. The molecule has 1 amide bonds. The number of thiazole rings is 1. The molecule has 0 spiro atoms. The molecule has 7 heteroatoms. The average molecular weight is 336 g/mol. The Morgan fingerprint density at radius 3 is 2.79 bits per heavy atom. The van der Waals surface area contributed by atoms with Gasteiger partial charge in [0, 0.05) is 28.9 Å². The molecule has 0 bridgehead atoms. The number of anilines is 1. The van der Waals surface area contributed by atoms with Gasteiger partial charge in [0.1, 0.15) is 10.7 Å². The monoisotopic (exact) mass is 336 g/mol. The summed E-state index contributed by atoms with van der Waals surface area (Å²) in [5.41, 5.74) is 2.67. The van der Waals surface area contributed by atoms with Crippen molar-refractivity contribution >= 4 is 22.9 Å². The number of carbonyl (C=O) groups excluding carboxylic acids is 1. The summed E-state index contributed by atoms with van der Waals surface area (Å²) in [5.74, 6) is 0.348. The fraction of sp³-hybridized carbons (Fsp3) is 0. The van der Waals surface area contributed by atoms with E-state index < -0.39 is 0 Å². The molecule has 0 fully saturated rings. The standard InChI is InChI=1S/C17H12N4O2S/c22-16(14-10-13(20-21-14)15-2-1-8-23-15)19-12-5-3-11(4-6-12)17-18-7-9-24-17/h1-10H,(H,19,22)(H,20,21). The summed E-state index contributed by atoms with van der Waals surface area (Å²) < 4.78 is 5.27. The lowest BCUT2D eigenvalue weighted by molar-refractivity contribution is 0.102. The van der Waals surface area contributed by atoms with Crippen LogP contribution in [-0.4, -0.2) is 21.1 Å². The number of aromatic amines is 1. The number of hydrogen-bond acceptors (Lipinski definition) is 5. The molecule has 1 aromatic carbocycles. The first-order valence-electron chi connectivity index (χ1n) is 7.20. The second kappa shape index (κ2) is 6.13. The van der Waals surface area contributed by atoms with Gasteiger partial charge in [-0.25, -0.2) is 4.98 Å². The van der Waals surface area contributed by atoms with Crippen LogP contribution in [0.4, 0.5) is 5.69 Å². The molecule has 24 heavy (non-hydrogen) atoms. The van der Waals surface area contributed by atoms with E-state index in [0.717, 1.165) is 10.6 Å². The Kier molecular flexibility index (Phi) is 3.68. The molecule has 0 aliphatic rings. The molecule has 0 unspecified atom stereocenters. The summed E-state index contributed by atoms with van der Waals surface area (Å²) in [5, 5.41) is 12.5. The van der Waals surface area contributed by atoms with Crippen molar-refractivity contribution in [3.05, 3.63) is 66.0 Å². The van der Waals surface area contributed by atoms with Gasteiger partial charge < -0.3 is 9.73 Å². The van der Waals surface area contributed by atoms with Crippen molar-refractivity contribution in [2.24, 2.45) is 0 Å². The smallest absolute Gasteiger partial charge is 0.276 e. The van der Waals surface area contributed by atoms with Crippen LogP contribution in [0.15, 0.2) is 64.7 Å². The van der Waals surface area contributed by atoms with Gasteiger partial charge in [-0.15, -0.1) is 11.3 Å². The van der Waals surface area contributed by atoms with Gasteiger partial charge >= 0.3 is 0 Å². The molecule has 0 saturated carbocycles. The van der Waals surface area contributed by atoms with Crippen LogP contribution in [-0.2, 0) is 0 Å². The SMILES string of the molecule is O=C(Nc1ccc(-c2nccs2)cc1)c1cc(-c2ccco2)[nH]n1. The molecule has 0 aliphatic carbocycles. The zero-order valence-corrected chi connectivity index (χ0v) is 13.2. The van der Waals surface area contributed by atoms with Crippen LogP contribution in [0.5, 0.6) is 0 Å². The van der Waals surface area contributed by atoms with Crippen molar-refractivity contribution in [2.45, 2.75) is 0 Å². The van der Waals surface area contributed by atoms with E-state index in [-0.39, 0.29) is 5.91 Å². The van der Waals surface area contributed by atoms with Gasteiger partial charge in [-0.3, -0.25) is 9.89 Å². The number of amides is 1. The largest absolute Gasteiger partial charge is 0.463 e. The molecular weight excluding hydrogens is 324 g/mol. The summed E-state index contributed by atoms with van der Waals surface area (Å²) in [6.07, 6.45) is 3.34. The topological polar surface area (TPSA) is 83.8 Å². The van der Waals surface area contributed by atoms with Crippen molar-refractivity contribution < 1.29 is 9.21 Å². The van der Waals surface area contributed by atoms with Crippen LogP contribution >= 0.6 is 11.3 Å². The molecule has 6 nitrogen and oxygen atoms in total. The van der Waals surface area contributed by atoms with Crippen molar-refractivity contribution in [1.82, 2.24) is 15.2 Å². The Labute approximate surface area is 141 Å². The highest BCUT2D eigenvalue weighted by Gasteiger charge is 2.13. The average Bonchev–Trinajstić information content (AvgIpc) is 3.35. The fourth-order valence-corrected chi connectivity index (χ4v) is 2.90. The van der Waals surface area contributed by atoms with E-state index in [4.69, 9.17) is 4.42 Å². The van der Waals surface area contributed by atoms with Crippen molar-refractivity contribution in [1.29, 1.82) is 0 Å². The third-order valence-electron chi connectivity index (χ3n) is 3.42. The Balaban J connectivity index is 1.48. The number of aromatic nitrogens is 3. The van der Waals surface area contributed by atoms with E-state index in [0.29, 0.717) is 22.8 Å². The number of furan rings is 1. The molecule has 118 valence electrons. The summed E-state index contributed by atoms with van der Waals surface area (Å²) in [4.78, 5) is 16.5. The van der Waals surface area contributed by atoms with Crippen LogP contribution < -0.4 is 5.32 Å². The molecule has 0 atom stereocenters. The molecule has 3 heterocycles. The van der Waals surface area contributed by atoms with Crippen molar-refractivity contribution in [2.75, 3.05) is 5.32 Å². The maximum absolute atomic E-state index is 12.3.